The summed E-state index contributed by atoms with van der Waals surface area (Å²) in [6.45, 7) is 20.0. The van der Waals surface area contributed by atoms with Crippen LogP contribution >= 0.6 is 0 Å². The van der Waals surface area contributed by atoms with Crippen LogP contribution in [-0.4, -0.2) is 15.4 Å². The van der Waals surface area contributed by atoms with E-state index in [1.807, 2.05) is 12.3 Å². The molecule has 0 bridgehead atoms. The second-order valence-electron chi connectivity index (χ2n) is 19.3. The molecule has 0 amide bonds. The van der Waals surface area contributed by atoms with Gasteiger partial charge in [-0.15, -0.1) is 28.6 Å². The van der Waals surface area contributed by atoms with Gasteiger partial charge in [-0.2, -0.15) is 6.07 Å². The fourth-order valence-corrected chi connectivity index (χ4v) is 11.4. The zero-order valence-electron chi connectivity index (χ0n) is 38.8. The average molecular weight is 1040 g/mol. The predicted molar refractivity (Wildman–Crippen MR) is 266 cm³/mol. The molecule has 0 fully saturated rings. The molecule has 1 aliphatic carbocycles. The normalized spacial score (nSPS) is 16.3. The molecule has 6 heteroatoms. The van der Waals surface area contributed by atoms with Gasteiger partial charge >= 0.3 is 21.1 Å². The number of benzene rings is 7. The van der Waals surface area contributed by atoms with E-state index in [0.29, 0.717) is 11.5 Å². The predicted octanol–water partition coefficient (Wildman–Crippen LogP) is 14.8. The van der Waals surface area contributed by atoms with E-state index in [-0.39, 0.29) is 38.6 Å². The summed E-state index contributed by atoms with van der Waals surface area (Å²) >= 11 is 0. The van der Waals surface area contributed by atoms with Crippen molar-refractivity contribution in [3.05, 3.63) is 206 Å². The summed E-state index contributed by atoms with van der Waals surface area (Å²) in [6.07, 6.45) is 1.90. The van der Waals surface area contributed by atoms with Gasteiger partial charge in [0.15, 0.2) is 0 Å². The second kappa shape index (κ2) is 15.3. The van der Waals surface area contributed by atoms with Crippen molar-refractivity contribution < 1.29 is 25.8 Å². The standard InChI is InChI=1S/C60H50N4O.Pt/c1-33-17-19-44-46(24-33)47-25-34(2)18-20-45(47)57-54(44)62-58(64(57)55-38(6)22-35(3)23-39(55)7)42-29-41(40-14-11-10-12-15-40)30-43(31-42)65-53-32-52-48(28-37(53)5)49-26-36(4)27-51-56(49)63(52)59-50(60(51,8)9)16-13-21-61-59;/h10-30,54,57H,1-9H3;/q-2;+2/t54-,57+;/m1./s1. The van der Waals surface area contributed by atoms with Gasteiger partial charge < -0.3 is 19.2 Å². The van der Waals surface area contributed by atoms with Gasteiger partial charge in [0.1, 0.15) is 5.82 Å². The smallest absolute Gasteiger partial charge is 0.503 e. The Kier molecular flexibility index (Phi) is 9.73. The number of aliphatic imine (C=N–C) groups is 1. The Balaban J connectivity index is 0.00000481. The third-order valence-electron chi connectivity index (χ3n) is 14.2. The molecule has 326 valence electrons. The molecule has 0 N–H and O–H groups in total. The Labute approximate surface area is 402 Å². The summed E-state index contributed by atoms with van der Waals surface area (Å²) in [6, 6.07) is 52.0. The van der Waals surface area contributed by atoms with Gasteiger partial charge in [-0.05, 0) is 97.5 Å². The van der Waals surface area contributed by atoms with Crippen molar-refractivity contribution >= 4 is 33.3 Å². The van der Waals surface area contributed by atoms with Crippen LogP contribution in [0.3, 0.4) is 0 Å². The molecule has 7 aromatic carbocycles. The molecule has 0 radical (unpaired) electrons. The van der Waals surface area contributed by atoms with Crippen LogP contribution < -0.4 is 9.64 Å². The van der Waals surface area contributed by atoms with Gasteiger partial charge in [0.2, 0.25) is 0 Å². The number of rotatable bonds is 5. The Morgan fingerprint density at radius 3 is 2.05 bits per heavy atom. The van der Waals surface area contributed by atoms with Crippen LogP contribution in [-0.2, 0) is 26.5 Å². The number of hydrogen-bond donors (Lipinski definition) is 0. The largest absolute Gasteiger partial charge is 2.00 e. The maximum atomic E-state index is 7.12. The minimum Gasteiger partial charge on any atom is -0.503 e. The van der Waals surface area contributed by atoms with Gasteiger partial charge in [0, 0.05) is 39.9 Å². The first-order valence-corrected chi connectivity index (χ1v) is 22.8. The molecule has 2 atom stereocenters. The van der Waals surface area contributed by atoms with E-state index in [0.717, 1.165) is 44.8 Å². The van der Waals surface area contributed by atoms with Gasteiger partial charge in [0.25, 0.3) is 0 Å². The Bertz CT molecular complexity index is 3520. The molecule has 4 heterocycles. The molecular weight excluding hydrogens is 988 g/mol. The van der Waals surface area contributed by atoms with E-state index in [1.54, 1.807) is 0 Å². The summed E-state index contributed by atoms with van der Waals surface area (Å²) in [5.41, 5.74) is 22.1. The molecule has 0 saturated heterocycles. The first-order chi connectivity index (χ1) is 31.3. The van der Waals surface area contributed by atoms with Gasteiger partial charge in [-0.25, -0.2) is 4.98 Å². The quantitative estimate of drug-likeness (QED) is 0.161. The molecule has 9 aromatic rings. The van der Waals surface area contributed by atoms with Crippen molar-refractivity contribution in [2.75, 3.05) is 4.90 Å². The average Bonchev–Trinajstić information content (AvgIpc) is 3.82. The molecule has 0 spiro atoms. The molecule has 0 unspecified atom stereocenters. The van der Waals surface area contributed by atoms with E-state index in [9.17, 15) is 0 Å². The Morgan fingerprint density at radius 2 is 1.30 bits per heavy atom. The number of pyridine rings is 1. The monoisotopic (exact) mass is 1040 g/mol. The van der Waals surface area contributed by atoms with E-state index in [2.05, 4.69) is 199 Å². The molecule has 2 aromatic heterocycles. The van der Waals surface area contributed by atoms with Crippen LogP contribution in [0.25, 0.3) is 49.9 Å². The first kappa shape index (κ1) is 42.1. The van der Waals surface area contributed by atoms with Crippen LogP contribution in [0, 0.1) is 60.6 Å². The maximum Gasteiger partial charge on any atom is 2.00 e. The summed E-state index contributed by atoms with van der Waals surface area (Å²) in [5, 5.41) is 2.35. The van der Waals surface area contributed by atoms with Crippen molar-refractivity contribution in [1.29, 1.82) is 0 Å². The van der Waals surface area contributed by atoms with Crippen molar-refractivity contribution in [3.63, 3.8) is 0 Å². The Morgan fingerprint density at radius 1 is 0.606 bits per heavy atom. The minimum atomic E-state index is -0.220. The van der Waals surface area contributed by atoms with E-state index in [4.69, 9.17) is 14.7 Å². The molecule has 2 aliphatic heterocycles. The number of amidine groups is 1. The van der Waals surface area contributed by atoms with E-state index >= 15 is 0 Å². The molecule has 5 nitrogen and oxygen atoms in total. The molecule has 3 aliphatic rings. The number of aromatic nitrogens is 2. The fraction of sp³-hybridized carbons (Fsp3) is 0.200. The number of nitrogens with zero attached hydrogens (tertiary/aromatic N) is 4. The summed E-state index contributed by atoms with van der Waals surface area (Å²) in [4.78, 5) is 13.3. The van der Waals surface area contributed by atoms with Gasteiger partial charge in [-0.1, -0.05) is 163 Å². The number of fused-ring (bicyclic) bond motifs is 11. The SMILES string of the molecule is Cc1cc(C)c(N2C(c3[c-]c(Oc4[c-]c5c(cc4C)c4cc(C)cc6c4n5-c4ncccc4C6(C)C)cc(-c4ccccc4)c3)=N[C@@H]3c4ccc(C)cc4-c4cc(C)ccc4[C@@H]32)c(C)c1.[Pt+2]. The molecule has 0 saturated carbocycles. The van der Waals surface area contributed by atoms with Crippen LogP contribution in [0.1, 0.15) is 92.7 Å². The van der Waals surface area contributed by atoms with E-state index in [1.165, 1.54) is 83.4 Å². The van der Waals surface area contributed by atoms with Crippen molar-refractivity contribution in [3.8, 4) is 39.6 Å². The molecular formula is C60H50N4OPt. The second-order valence-corrected chi connectivity index (χ2v) is 19.3. The zero-order chi connectivity index (χ0) is 44.6. The van der Waals surface area contributed by atoms with Crippen molar-refractivity contribution in [2.45, 2.75) is 79.8 Å². The zero-order valence-corrected chi connectivity index (χ0v) is 41.1. The summed E-state index contributed by atoms with van der Waals surface area (Å²) in [7, 11) is 0. The van der Waals surface area contributed by atoms with Crippen LogP contribution in [0.5, 0.6) is 11.5 Å². The number of anilines is 1. The summed E-state index contributed by atoms with van der Waals surface area (Å²) in [5.74, 6) is 3.08. The third-order valence-corrected chi connectivity index (χ3v) is 14.2. The number of hydrogen-bond acceptors (Lipinski definition) is 4. The molecule has 66 heavy (non-hydrogen) atoms. The van der Waals surface area contributed by atoms with E-state index < -0.39 is 0 Å². The maximum absolute atomic E-state index is 7.12. The number of aryl methyl sites for hydroxylation is 7. The van der Waals surface area contributed by atoms with Crippen molar-refractivity contribution in [2.24, 2.45) is 4.99 Å². The molecule has 12 rings (SSSR count). The number of ether oxygens (including phenoxy) is 1. The van der Waals surface area contributed by atoms with Gasteiger partial charge in [-0.3, -0.25) is 0 Å². The fourth-order valence-electron chi connectivity index (χ4n) is 11.4. The topological polar surface area (TPSA) is 42.6 Å². The Hall–Kier alpha value is -6.55. The van der Waals surface area contributed by atoms with Crippen molar-refractivity contribution in [1.82, 2.24) is 9.55 Å². The van der Waals surface area contributed by atoms with Crippen LogP contribution in [0.15, 0.2) is 133 Å². The summed E-state index contributed by atoms with van der Waals surface area (Å²) < 4.78 is 9.42. The third kappa shape index (κ3) is 6.30. The van der Waals surface area contributed by atoms with Crippen LogP contribution in [0.2, 0.25) is 0 Å². The van der Waals surface area contributed by atoms with Crippen LogP contribution in [0.4, 0.5) is 5.69 Å². The minimum absolute atomic E-state index is 0. The van der Waals surface area contributed by atoms with Gasteiger partial charge in [0.05, 0.1) is 17.9 Å². The first-order valence-electron chi connectivity index (χ1n) is 22.8.